The van der Waals surface area contributed by atoms with Gasteiger partial charge in [-0.25, -0.2) is 0 Å². The van der Waals surface area contributed by atoms with Gasteiger partial charge in [0, 0.05) is 50.8 Å². The molecule has 12 rings (SSSR count). The predicted octanol–water partition coefficient (Wildman–Crippen LogP) is 18.0. The molecule has 0 bridgehead atoms. The van der Waals surface area contributed by atoms with Gasteiger partial charge in [-0.15, -0.1) is 0 Å². The lowest BCUT2D eigenvalue weighted by Crippen LogP contribution is -2.62. The first-order valence-corrected chi connectivity index (χ1v) is 33.3. The van der Waals surface area contributed by atoms with E-state index in [0.29, 0.717) is 0 Å². The lowest BCUT2D eigenvalue weighted by Gasteiger charge is -2.51. The molecule has 3 nitrogen and oxygen atoms in total. The zero-order chi connectivity index (χ0) is 55.7. The standard InChI is InChI=1S/C73H88BN3Si/c1-67(2,3)48-27-24-28-51(39-48)75-62-41-50(69(7,8)9)29-32-58(62)74-59-45-55-56(71(12,13)38-37-70(55,10)11)46-63(59)76(60-33-30-49(68(4,5)6)40-54(60)47-25-20-19-21-26-47)65-43-52(42-64(75)66(65)74)77-61-34-31-53(78(16,17)18)44-57(61)72(14)35-22-23-36-73(72,77)15/h19-21,24-34,39-46H,22-23,35-38H2,1-18H3. The Balaban J connectivity index is 1.27. The van der Waals surface area contributed by atoms with Gasteiger partial charge in [-0.2, -0.15) is 0 Å². The quantitative estimate of drug-likeness (QED) is 0.159. The fourth-order valence-electron chi connectivity index (χ4n) is 14.9. The van der Waals surface area contributed by atoms with Crippen molar-refractivity contribution < 1.29 is 0 Å². The van der Waals surface area contributed by atoms with E-state index in [1.807, 2.05) is 0 Å². The van der Waals surface area contributed by atoms with E-state index >= 15 is 0 Å². The van der Waals surface area contributed by atoms with Crippen molar-refractivity contribution in [3.8, 4) is 11.1 Å². The number of rotatable bonds is 5. The number of nitrogens with zero attached hydrogens (tertiary/aromatic N) is 3. The van der Waals surface area contributed by atoms with Gasteiger partial charge in [0.05, 0.1) is 19.3 Å². The summed E-state index contributed by atoms with van der Waals surface area (Å²) in [5, 5.41) is 1.56. The molecular weight excluding hydrogens is 958 g/mol. The molecule has 2 aliphatic carbocycles. The van der Waals surface area contributed by atoms with Gasteiger partial charge >= 0.3 is 0 Å². The Kier molecular flexibility index (Phi) is 11.8. The Morgan fingerprint density at radius 1 is 0.436 bits per heavy atom. The van der Waals surface area contributed by atoms with Gasteiger partial charge in [0.2, 0.25) is 0 Å². The van der Waals surface area contributed by atoms with E-state index in [1.54, 1.807) is 10.8 Å². The fraction of sp³-hybridized carbons (Fsp3) is 0.425. The van der Waals surface area contributed by atoms with Crippen LogP contribution >= 0.6 is 0 Å². The van der Waals surface area contributed by atoms with E-state index in [0.717, 1.165) is 19.3 Å². The van der Waals surface area contributed by atoms with Crippen LogP contribution in [0.15, 0.2) is 133 Å². The third kappa shape index (κ3) is 8.07. The Bertz CT molecular complexity index is 3580. The molecule has 1 fully saturated rings. The van der Waals surface area contributed by atoms with E-state index in [4.69, 9.17) is 0 Å². The summed E-state index contributed by atoms with van der Waals surface area (Å²) >= 11 is 0. The van der Waals surface area contributed by atoms with E-state index in [2.05, 4.69) is 272 Å². The van der Waals surface area contributed by atoms with Crippen LogP contribution < -0.4 is 36.3 Å². The Morgan fingerprint density at radius 2 is 1.01 bits per heavy atom. The van der Waals surface area contributed by atoms with Crippen molar-refractivity contribution >= 4 is 81.9 Å². The summed E-state index contributed by atoms with van der Waals surface area (Å²) in [6.45, 7) is 44.1. The first-order chi connectivity index (χ1) is 36.4. The Morgan fingerprint density at radius 3 is 1.67 bits per heavy atom. The monoisotopic (exact) mass is 1050 g/mol. The largest absolute Gasteiger partial charge is 0.334 e. The second-order valence-corrected chi connectivity index (χ2v) is 35.6. The molecule has 0 aromatic heterocycles. The highest BCUT2D eigenvalue weighted by Crippen LogP contribution is 2.62. The van der Waals surface area contributed by atoms with Gasteiger partial charge < -0.3 is 14.7 Å². The molecule has 2 atom stereocenters. The molecule has 0 N–H and O–H groups in total. The number of benzene rings is 7. The van der Waals surface area contributed by atoms with Crippen molar-refractivity contribution in [1.29, 1.82) is 0 Å². The van der Waals surface area contributed by atoms with Gasteiger partial charge in [-0.05, 0) is 170 Å². The molecule has 5 heteroatoms. The molecule has 0 saturated heterocycles. The van der Waals surface area contributed by atoms with E-state index in [-0.39, 0.29) is 44.7 Å². The molecule has 7 aromatic rings. The Labute approximate surface area is 472 Å². The molecule has 0 amide bonds. The highest BCUT2D eigenvalue weighted by molar-refractivity contribution is 7.00. The molecule has 3 aliphatic heterocycles. The first kappa shape index (κ1) is 52.9. The first-order valence-electron chi connectivity index (χ1n) is 29.8. The molecule has 7 aromatic carbocycles. The maximum absolute atomic E-state index is 2.87. The minimum Gasteiger partial charge on any atom is -0.334 e. The number of hydrogen-bond acceptors (Lipinski definition) is 3. The van der Waals surface area contributed by atoms with Crippen LogP contribution in [0.25, 0.3) is 11.1 Å². The van der Waals surface area contributed by atoms with Crippen LogP contribution in [0.4, 0.5) is 45.5 Å². The SMILES string of the molecule is CC(C)(C)c1cccc(N2c3cc(C(C)(C)C)ccc3B3c4cc5c(cc4N(c4ccc(C(C)(C)C)cc4-c4ccccc4)c4cc(N6c7ccc([Si](C)(C)C)cc7C7(C)CCCCC67C)cc2c43)C(C)(C)CCC5(C)C)c1. The molecule has 5 aliphatic rings. The fourth-order valence-corrected chi connectivity index (χ4v) is 16.1. The van der Waals surface area contributed by atoms with Gasteiger partial charge in [0.15, 0.2) is 0 Å². The van der Waals surface area contributed by atoms with Gasteiger partial charge in [-0.3, -0.25) is 0 Å². The number of hydrogen-bond donors (Lipinski definition) is 0. The maximum atomic E-state index is 2.87. The van der Waals surface area contributed by atoms with Gasteiger partial charge in [0.1, 0.15) is 0 Å². The summed E-state index contributed by atoms with van der Waals surface area (Å²) in [6.07, 6.45) is 7.13. The minimum absolute atomic E-state index is 0.00615. The van der Waals surface area contributed by atoms with Crippen LogP contribution in [0, 0.1) is 0 Å². The lowest BCUT2D eigenvalue weighted by molar-refractivity contribution is 0.195. The van der Waals surface area contributed by atoms with Gasteiger partial charge in [-0.1, -0.05) is 213 Å². The molecular formula is C73H88BN3Si. The lowest BCUT2D eigenvalue weighted by atomic mass is 9.33. The molecule has 402 valence electrons. The number of fused-ring (bicyclic) bond motifs is 8. The third-order valence-corrected chi connectivity index (χ3v) is 22.3. The van der Waals surface area contributed by atoms with Crippen molar-refractivity contribution in [3.63, 3.8) is 0 Å². The second kappa shape index (κ2) is 17.4. The van der Waals surface area contributed by atoms with Crippen LogP contribution in [0.3, 0.4) is 0 Å². The summed E-state index contributed by atoms with van der Waals surface area (Å²) < 4.78 is 0. The third-order valence-electron chi connectivity index (χ3n) is 20.3. The minimum atomic E-state index is -1.63. The zero-order valence-electron chi connectivity index (χ0n) is 50.9. The van der Waals surface area contributed by atoms with Crippen LogP contribution in [-0.2, 0) is 32.5 Å². The highest BCUT2D eigenvalue weighted by Gasteiger charge is 2.58. The van der Waals surface area contributed by atoms with Crippen LogP contribution in [0.1, 0.15) is 176 Å². The van der Waals surface area contributed by atoms with E-state index in [1.165, 1.54) is 120 Å². The van der Waals surface area contributed by atoms with Gasteiger partial charge in [0.25, 0.3) is 6.71 Å². The number of anilines is 8. The van der Waals surface area contributed by atoms with Crippen molar-refractivity contribution in [2.24, 2.45) is 0 Å². The molecule has 1 saturated carbocycles. The average Bonchev–Trinajstić information content (AvgIpc) is 3.24. The van der Waals surface area contributed by atoms with Crippen LogP contribution in [0.2, 0.25) is 19.6 Å². The Hall–Kier alpha value is -5.78. The summed E-state index contributed by atoms with van der Waals surface area (Å²) in [5.41, 5.74) is 25.3. The summed E-state index contributed by atoms with van der Waals surface area (Å²) in [5.74, 6) is 0. The normalized spacial score (nSPS) is 21.1. The summed E-state index contributed by atoms with van der Waals surface area (Å²) in [6, 6.07) is 54.3. The van der Waals surface area contributed by atoms with Crippen LogP contribution in [0.5, 0.6) is 0 Å². The van der Waals surface area contributed by atoms with E-state index < -0.39 is 8.07 Å². The van der Waals surface area contributed by atoms with E-state index in [9.17, 15) is 0 Å². The summed E-state index contributed by atoms with van der Waals surface area (Å²) in [4.78, 5) is 8.35. The van der Waals surface area contributed by atoms with Crippen molar-refractivity contribution in [1.82, 2.24) is 0 Å². The molecule has 3 heterocycles. The smallest absolute Gasteiger partial charge is 0.252 e. The molecule has 0 radical (unpaired) electrons. The van der Waals surface area contributed by atoms with Crippen molar-refractivity contribution in [2.75, 3.05) is 14.7 Å². The maximum Gasteiger partial charge on any atom is 0.252 e. The van der Waals surface area contributed by atoms with Crippen molar-refractivity contribution in [3.05, 3.63) is 167 Å². The topological polar surface area (TPSA) is 9.72 Å². The molecule has 2 unspecified atom stereocenters. The molecule has 0 spiro atoms. The highest BCUT2D eigenvalue weighted by atomic mass is 28.3. The van der Waals surface area contributed by atoms with Crippen molar-refractivity contribution in [2.45, 2.75) is 200 Å². The molecule has 78 heavy (non-hydrogen) atoms. The van der Waals surface area contributed by atoms with Crippen LogP contribution in [-0.4, -0.2) is 20.3 Å². The summed E-state index contributed by atoms with van der Waals surface area (Å²) in [7, 11) is -1.63. The second-order valence-electron chi connectivity index (χ2n) is 30.5. The zero-order valence-corrected chi connectivity index (χ0v) is 51.9. The average molecular weight is 1050 g/mol. The predicted molar refractivity (Wildman–Crippen MR) is 343 cm³/mol.